The monoisotopic (exact) mass is 228 g/mol. The van der Waals surface area contributed by atoms with Crippen molar-refractivity contribution in [3.05, 3.63) is 36.8 Å². The summed E-state index contributed by atoms with van der Waals surface area (Å²) in [5, 5.41) is 2.21. The van der Waals surface area contributed by atoms with Gasteiger partial charge in [-0.05, 0) is 36.2 Å². The van der Waals surface area contributed by atoms with Crippen molar-refractivity contribution < 1.29 is 0 Å². The molecule has 0 aromatic heterocycles. The van der Waals surface area contributed by atoms with Crippen LogP contribution in [0.2, 0.25) is 0 Å². The molecular weight excluding hydrogens is 208 g/mol. The second-order valence-electron chi connectivity index (χ2n) is 2.80. The highest BCUT2D eigenvalue weighted by molar-refractivity contribution is 8.02. The Morgan fingerprint density at radius 1 is 0.857 bits per heavy atom. The maximum Gasteiger partial charge on any atom is 0.000844 e. The van der Waals surface area contributed by atoms with E-state index in [-0.39, 0.29) is 0 Å². The quantitative estimate of drug-likeness (QED) is 0.398. The number of hydrogen-bond donors (Lipinski definition) is 0. The fourth-order valence-electron chi connectivity index (χ4n) is 0.776. The zero-order valence-electron chi connectivity index (χ0n) is 8.78. The predicted molar refractivity (Wildman–Crippen MR) is 73.2 cm³/mol. The van der Waals surface area contributed by atoms with Gasteiger partial charge < -0.3 is 0 Å². The normalized spacial score (nSPS) is 10.6. The van der Waals surface area contributed by atoms with Gasteiger partial charge >= 0.3 is 0 Å². The Labute approximate surface area is 96.9 Å². The third-order valence-electron chi connectivity index (χ3n) is 1.53. The van der Waals surface area contributed by atoms with Crippen LogP contribution in [0.25, 0.3) is 0 Å². The van der Waals surface area contributed by atoms with Crippen LogP contribution in [0.1, 0.15) is 19.3 Å². The van der Waals surface area contributed by atoms with Crippen LogP contribution < -0.4 is 0 Å². The minimum atomic E-state index is 1.10. The van der Waals surface area contributed by atoms with E-state index in [0.717, 1.165) is 18.6 Å². The summed E-state index contributed by atoms with van der Waals surface area (Å²) >= 11 is 3.87. The summed E-state index contributed by atoms with van der Waals surface area (Å²) in [5.41, 5.74) is 0. The Kier molecular flexibility index (Phi) is 12.8. The Morgan fingerprint density at radius 3 is 2.21 bits per heavy atom. The average Bonchev–Trinajstić information content (AvgIpc) is 2.21. The van der Waals surface area contributed by atoms with Crippen LogP contribution in [0.3, 0.4) is 0 Å². The molecule has 0 atom stereocenters. The molecule has 14 heavy (non-hydrogen) atoms. The Bertz CT molecular complexity index is 162. The van der Waals surface area contributed by atoms with E-state index in [1.165, 1.54) is 17.9 Å². The lowest BCUT2D eigenvalue weighted by molar-refractivity contribution is 1.21. The van der Waals surface area contributed by atoms with Gasteiger partial charge in [0.25, 0.3) is 0 Å². The first-order valence-electron chi connectivity index (χ1n) is 4.98. The first-order valence-corrected chi connectivity index (χ1v) is 7.18. The molecule has 80 valence electrons. The van der Waals surface area contributed by atoms with Gasteiger partial charge in [-0.15, -0.1) is 24.9 Å². The summed E-state index contributed by atoms with van der Waals surface area (Å²) < 4.78 is 0. The molecule has 0 heterocycles. The maximum absolute atomic E-state index is 3.70. The van der Waals surface area contributed by atoms with E-state index in [9.17, 15) is 0 Å². The van der Waals surface area contributed by atoms with Gasteiger partial charge in [-0.25, -0.2) is 0 Å². The molecule has 0 N–H and O–H groups in total. The van der Waals surface area contributed by atoms with Crippen LogP contribution in [-0.2, 0) is 0 Å². The summed E-state index contributed by atoms with van der Waals surface area (Å²) in [6.07, 6.45) is 9.61. The van der Waals surface area contributed by atoms with Crippen molar-refractivity contribution in [3.8, 4) is 0 Å². The van der Waals surface area contributed by atoms with Crippen LogP contribution in [0, 0.1) is 0 Å². The zero-order chi connectivity index (χ0) is 10.5. The third kappa shape index (κ3) is 11.9. The second-order valence-corrected chi connectivity index (χ2v) is 5.04. The number of hydrogen-bond acceptors (Lipinski definition) is 2. The van der Waals surface area contributed by atoms with Crippen LogP contribution in [-0.4, -0.2) is 17.3 Å². The Hall–Kier alpha value is -0.0800. The van der Waals surface area contributed by atoms with E-state index in [1.54, 1.807) is 0 Å². The van der Waals surface area contributed by atoms with Gasteiger partial charge in [-0.1, -0.05) is 18.2 Å². The molecule has 0 saturated carbocycles. The molecule has 0 aromatic rings. The Balaban J connectivity index is 3.02. The summed E-state index contributed by atoms with van der Waals surface area (Å²) in [4.78, 5) is 0. The molecule has 0 aliphatic carbocycles. The SMILES string of the molecule is C=CCCS/C=C/CCSCCC=C. The molecule has 0 spiro atoms. The second kappa shape index (κ2) is 12.9. The van der Waals surface area contributed by atoms with Gasteiger partial charge in [-0.2, -0.15) is 11.8 Å². The molecule has 0 radical (unpaired) electrons. The van der Waals surface area contributed by atoms with Crippen molar-refractivity contribution in [1.82, 2.24) is 0 Å². The van der Waals surface area contributed by atoms with Crippen molar-refractivity contribution in [2.24, 2.45) is 0 Å². The molecule has 0 nitrogen and oxygen atoms in total. The van der Waals surface area contributed by atoms with E-state index in [4.69, 9.17) is 0 Å². The summed E-state index contributed by atoms with van der Waals surface area (Å²) in [6.45, 7) is 7.39. The highest BCUT2D eigenvalue weighted by Crippen LogP contribution is 2.08. The highest BCUT2D eigenvalue weighted by Gasteiger charge is 1.85. The lowest BCUT2D eigenvalue weighted by atomic mass is 10.5. The van der Waals surface area contributed by atoms with E-state index < -0.39 is 0 Å². The van der Waals surface area contributed by atoms with Crippen molar-refractivity contribution in [2.45, 2.75) is 19.3 Å². The predicted octanol–water partition coefficient (Wildman–Crippen LogP) is 4.51. The molecule has 0 amide bonds. The molecule has 0 rings (SSSR count). The van der Waals surface area contributed by atoms with E-state index in [2.05, 4.69) is 24.6 Å². The number of allylic oxidation sites excluding steroid dienone is 3. The molecule has 0 unspecified atom stereocenters. The van der Waals surface area contributed by atoms with Crippen LogP contribution >= 0.6 is 23.5 Å². The third-order valence-corrected chi connectivity index (χ3v) is 3.43. The summed E-state index contributed by atoms with van der Waals surface area (Å²) in [5.74, 6) is 3.59. The maximum atomic E-state index is 3.70. The van der Waals surface area contributed by atoms with Gasteiger partial charge in [-0.3, -0.25) is 0 Å². The van der Waals surface area contributed by atoms with Crippen LogP contribution in [0.5, 0.6) is 0 Å². The highest BCUT2D eigenvalue weighted by atomic mass is 32.2. The first-order chi connectivity index (χ1) is 6.91. The Morgan fingerprint density at radius 2 is 1.50 bits per heavy atom. The lowest BCUT2D eigenvalue weighted by Gasteiger charge is -1.95. The van der Waals surface area contributed by atoms with Crippen LogP contribution in [0.15, 0.2) is 36.8 Å². The van der Waals surface area contributed by atoms with Crippen molar-refractivity contribution in [1.29, 1.82) is 0 Å². The van der Waals surface area contributed by atoms with E-state index in [1.807, 2.05) is 35.7 Å². The number of thioether (sulfide) groups is 2. The first kappa shape index (κ1) is 13.9. The van der Waals surface area contributed by atoms with Gasteiger partial charge in [0.15, 0.2) is 0 Å². The standard InChI is InChI=1S/C12H20S2/c1-3-5-9-13-11-7-8-12-14-10-6-4-2/h3-4,7,11H,1-2,5-6,8-10,12H2/b11-7+. The molecule has 0 bridgehead atoms. The smallest absolute Gasteiger partial charge is 0.000844 e. The minimum absolute atomic E-state index is 1.10. The van der Waals surface area contributed by atoms with E-state index >= 15 is 0 Å². The average molecular weight is 228 g/mol. The van der Waals surface area contributed by atoms with Crippen molar-refractivity contribution in [3.63, 3.8) is 0 Å². The molecule has 0 aromatic carbocycles. The number of rotatable bonds is 10. The van der Waals surface area contributed by atoms with Gasteiger partial charge in [0.1, 0.15) is 0 Å². The van der Waals surface area contributed by atoms with E-state index in [0.29, 0.717) is 0 Å². The minimum Gasteiger partial charge on any atom is -0.161 e. The summed E-state index contributed by atoms with van der Waals surface area (Å²) in [6, 6.07) is 0. The topological polar surface area (TPSA) is 0 Å². The lowest BCUT2D eigenvalue weighted by Crippen LogP contribution is -1.79. The van der Waals surface area contributed by atoms with Gasteiger partial charge in [0.05, 0.1) is 0 Å². The van der Waals surface area contributed by atoms with Crippen molar-refractivity contribution in [2.75, 3.05) is 17.3 Å². The molecule has 0 fully saturated rings. The zero-order valence-corrected chi connectivity index (χ0v) is 10.4. The molecule has 0 aliphatic rings. The molecule has 0 saturated heterocycles. The largest absolute Gasteiger partial charge is 0.161 e. The summed E-state index contributed by atoms with van der Waals surface area (Å²) in [7, 11) is 0. The molecule has 2 heteroatoms. The van der Waals surface area contributed by atoms with Crippen molar-refractivity contribution >= 4 is 23.5 Å². The van der Waals surface area contributed by atoms with Gasteiger partial charge in [0, 0.05) is 5.75 Å². The fourth-order valence-corrected chi connectivity index (χ4v) is 2.33. The van der Waals surface area contributed by atoms with Gasteiger partial charge in [0.2, 0.25) is 0 Å². The molecule has 0 aliphatic heterocycles. The molecular formula is C12H20S2. The van der Waals surface area contributed by atoms with Crippen LogP contribution in [0.4, 0.5) is 0 Å². The fraction of sp³-hybridized carbons (Fsp3) is 0.500.